The van der Waals surface area contributed by atoms with E-state index in [-0.39, 0.29) is 30.1 Å². The van der Waals surface area contributed by atoms with Crippen LogP contribution >= 0.6 is 12.4 Å². The normalized spacial score (nSPS) is 20.6. The summed E-state index contributed by atoms with van der Waals surface area (Å²) >= 11 is 0. The fourth-order valence-electron chi connectivity index (χ4n) is 4.65. The van der Waals surface area contributed by atoms with Crippen LogP contribution in [0.4, 0.5) is 0 Å². The molecule has 2 aromatic carbocycles. The Balaban J connectivity index is 0.000000250. The molecule has 0 aromatic heterocycles. The van der Waals surface area contributed by atoms with E-state index in [1.165, 1.54) is 11.1 Å². The number of carbonyl (C=O) groups is 3. The van der Waals surface area contributed by atoms with E-state index in [0.29, 0.717) is 31.9 Å². The van der Waals surface area contributed by atoms with Gasteiger partial charge in [0.05, 0.1) is 6.61 Å². The van der Waals surface area contributed by atoms with Crippen molar-refractivity contribution in [1.29, 1.82) is 0 Å². The maximum atomic E-state index is 11.8. The second kappa shape index (κ2) is 15.5. The maximum Gasteiger partial charge on any atom is 0.317 e. The van der Waals surface area contributed by atoms with Crippen LogP contribution in [0.2, 0.25) is 0 Å². The summed E-state index contributed by atoms with van der Waals surface area (Å²) in [5.41, 5.74) is 2.53. The molecule has 2 fully saturated rings. The topological polar surface area (TPSA) is 66.9 Å². The highest BCUT2D eigenvalue weighted by atomic mass is 35.5. The average molecular weight is 515 g/mol. The summed E-state index contributed by atoms with van der Waals surface area (Å²) in [6, 6.07) is 20.5. The van der Waals surface area contributed by atoms with Crippen molar-refractivity contribution in [3.8, 4) is 0 Å². The number of esters is 1. The van der Waals surface area contributed by atoms with Crippen LogP contribution in [0.5, 0.6) is 0 Å². The van der Waals surface area contributed by atoms with E-state index < -0.39 is 5.92 Å². The molecule has 0 bridgehead atoms. The zero-order valence-corrected chi connectivity index (χ0v) is 22.3. The SMILES string of the molecule is CCC1CN(Cc2ccccc2)CCC1=O.CCOC(=O)C1CN(Cc2ccccc2)CCC1=O.Cl. The van der Waals surface area contributed by atoms with Gasteiger partial charge in [0.25, 0.3) is 0 Å². The number of rotatable bonds is 7. The highest BCUT2D eigenvalue weighted by molar-refractivity contribution is 5.99. The molecule has 0 spiro atoms. The molecule has 2 saturated heterocycles. The van der Waals surface area contributed by atoms with E-state index in [0.717, 1.165) is 39.0 Å². The molecule has 36 heavy (non-hydrogen) atoms. The fourth-order valence-corrected chi connectivity index (χ4v) is 4.65. The second-order valence-electron chi connectivity index (χ2n) is 9.28. The molecule has 7 heteroatoms. The lowest BCUT2D eigenvalue weighted by atomic mass is 9.94. The Morgan fingerprint density at radius 1 is 0.806 bits per heavy atom. The molecular weight excluding hydrogens is 476 g/mol. The molecule has 0 radical (unpaired) electrons. The summed E-state index contributed by atoms with van der Waals surface area (Å²) in [6.45, 7) is 8.96. The Labute approximate surface area is 221 Å². The van der Waals surface area contributed by atoms with Gasteiger partial charge < -0.3 is 4.74 Å². The van der Waals surface area contributed by atoms with Crippen molar-refractivity contribution in [2.75, 3.05) is 32.8 Å². The largest absolute Gasteiger partial charge is 0.465 e. The molecule has 2 atom stereocenters. The summed E-state index contributed by atoms with van der Waals surface area (Å²) in [5.74, 6) is -0.283. The van der Waals surface area contributed by atoms with Crippen LogP contribution in [0.15, 0.2) is 60.7 Å². The van der Waals surface area contributed by atoms with E-state index in [9.17, 15) is 14.4 Å². The third-order valence-corrected chi connectivity index (χ3v) is 6.67. The molecule has 6 nitrogen and oxygen atoms in total. The minimum atomic E-state index is -0.614. The molecule has 196 valence electrons. The molecule has 4 rings (SSSR count). The summed E-state index contributed by atoms with van der Waals surface area (Å²) < 4.78 is 4.96. The van der Waals surface area contributed by atoms with Gasteiger partial charge in [-0.25, -0.2) is 0 Å². The number of piperidine rings is 2. The van der Waals surface area contributed by atoms with E-state index in [2.05, 4.69) is 53.1 Å². The van der Waals surface area contributed by atoms with Crippen LogP contribution < -0.4 is 0 Å². The number of Topliss-reactive ketones (excluding diaryl/α,β-unsaturated/α-hetero) is 2. The van der Waals surface area contributed by atoms with Crippen LogP contribution in [0.25, 0.3) is 0 Å². The van der Waals surface area contributed by atoms with Crippen LogP contribution in [-0.2, 0) is 32.2 Å². The number of ketones is 2. The van der Waals surface area contributed by atoms with Crippen LogP contribution in [0.3, 0.4) is 0 Å². The highest BCUT2D eigenvalue weighted by Gasteiger charge is 2.33. The van der Waals surface area contributed by atoms with Crippen molar-refractivity contribution >= 4 is 29.9 Å². The van der Waals surface area contributed by atoms with Crippen molar-refractivity contribution in [2.24, 2.45) is 11.8 Å². The van der Waals surface area contributed by atoms with Gasteiger partial charge in [0, 0.05) is 58.0 Å². The Bertz CT molecular complexity index is 954. The summed E-state index contributed by atoms with van der Waals surface area (Å²) in [4.78, 5) is 39.6. The summed E-state index contributed by atoms with van der Waals surface area (Å²) in [7, 11) is 0. The Hall–Kier alpha value is -2.54. The predicted octanol–water partition coefficient (Wildman–Crippen LogP) is 4.55. The third kappa shape index (κ3) is 9.16. The first kappa shape index (κ1) is 29.7. The first-order chi connectivity index (χ1) is 17.0. The molecule has 2 heterocycles. The molecule has 2 unspecified atom stereocenters. The van der Waals surface area contributed by atoms with Crippen molar-refractivity contribution < 1.29 is 19.1 Å². The Morgan fingerprint density at radius 3 is 1.81 bits per heavy atom. The van der Waals surface area contributed by atoms with Crippen molar-refractivity contribution in [1.82, 2.24) is 9.80 Å². The second-order valence-corrected chi connectivity index (χ2v) is 9.28. The molecule has 0 saturated carbocycles. The summed E-state index contributed by atoms with van der Waals surface area (Å²) in [5, 5.41) is 0. The minimum Gasteiger partial charge on any atom is -0.465 e. The van der Waals surface area contributed by atoms with Crippen molar-refractivity contribution in [3.05, 3.63) is 71.8 Å². The quantitative estimate of drug-likeness (QED) is 0.399. The zero-order valence-electron chi connectivity index (χ0n) is 21.4. The number of carbonyl (C=O) groups excluding carboxylic acids is 3. The van der Waals surface area contributed by atoms with E-state index in [1.807, 2.05) is 24.3 Å². The van der Waals surface area contributed by atoms with E-state index >= 15 is 0 Å². The van der Waals surface area contributed by atoms with Crippen LogP contribution in [0, 0.1) is 11.8 Å². The lowest BCUT2D eigenvalue weighted by molar-refractivity contribution is -0.154. The number of hydrogen-bond donors (Lipinski definition) is 0. The molecule has 2 aromatic rings. The van der Waals surface area contributed by atoms with E-state index in [4.69, 9.17) is 4.74 Å². The molecule has 0 N–H and O–H groups in total. The average Bonchev–Trinajstić information content (AvgIpc) is 2.88. The first-order valence-corrected chi connectivity index (χ1v) is 12.7. The monoisotopic (exact) mass is 514 g/mol. The van der Waals surface area contributed by atoms with Gasteiger partial charge in [-0.3, -0.25) is 24.2 Å². The van der Waals surface area contributed by atoms with Gasteiger partial charge in [-0.05, 0) is 24.5 Å². The smallest absolute Gasteiger partial charge is 0.317 e. The van der Waals surface area contributed by atoms with Gasteiger partial charge >= 0.3 is 5.97 Å². The molecule has 0 amide bonds. The van der Waals surface area contributed by atoms with Crippen LogP contribution in [-0.4, -0.2) is 60.1 Å². The molecular formula is C29H39ClN2O4. The first-order valence-electron chi connectivity index (χ1n) is 12.7. The third-order valence-electron chi connectivity index (χ3n) is 6.67. The van der Waals surface area contributed by atoms with E-state index in [1.54, 1.807) is 6.92 Å². The Morgan fingerprint density at radius 2 is 1.31 bits per heavy atom. The number of ether oxygens (including phenoxy) is 1. The lowest BCUT2D eigenvalue weighted by Crippen LogP contribution is -2.44. The number of hydrogen-bond acceptors (Lipinski definition) is 6. The number of likely N-dealkylation sites (tertiary alicyclic amines) is 2. The summed E-state index contributed by atoms with van der Waals surface area (Å²) in [6.07, 6.45) is 2.13. The van der Waals surface area contributed by atoms with Gasteiger partial charge in [0.15, 0.2) is 0 Å². The van der Waals surface area contributed by atoms with Crippen LogP contribution in [0.1, 0.15) is 44.2 Å². The van der Waals surface area contributed by atoms with Gasteiger partial charge in [0.2, 0.25) is 0 Å². The number of halogens is 1. The van der Waals surface area contributed by atoms with Crippen molar-refractivity contribution in [3.63, 3.8) is 0 Å². The maximum absolute atomic E-state index is 11.8. The number of benzene rings is 2. The minimum absolute atomic E-state index is 0. The number of nitrogens with zero attached hydrogens (tertiary/aromatic N) is 2. The van der Waals surface area contributed by atoms with Gasteiger partial charge in [-0.15, -0.1) is 12.4 Å². The lowest BCUT2D eigenvalue weighted by Gasteiger charge is -2.31. The fraction of sp³-hybridized carbons (Fsp3) is 0.483. The highest BCUT2D eigenvalue weighted by Crippen LogP contribution is 2.19. The molecule has 2 aliphatic heterocycles. The van der Waals surface area contributed by atoms with Gasteiger partial charge in [-0.1, -0.05) is 67.6 Å². The Kier molecular flexibility index (Phi) is 12.8. The predicted molar refractivity (Wildman–Crippen MR) is 144 cm³/mol. The van der Waals surface area contributed by atoms with Gasteiger partial charge in [-0.2, -0.15) is 0 Å². The zero-order chi connectivity index (χ0) is 25.0. The molecule has 2 aliphatic rings. The molecule has 0 aliphatic carbocycles. The van der Waals surface area contributed by atoms with Gasteiger partial charge in [0.1, 0.15) is 17.5 Å². The van der Waals surface area contributed by atoms with Crippen molar-refractivity contribution in [2.45, 2.75) is 46.2 Å². The standard InChI is InChI=1S/C15H19NO3.C14H19NO.ClH/c1-2-19-15(18)13-11-16(9-8-14(13)17)10-12-6-4-3-5-7-12;1-2-13-11-15(9-8-14(13)16)10-12-6-4-3-5-7-12;/h3-7,13H,2,8-11H2,1H3;3-7,13H,2,8-11H2,1H3;1H.